The standard InChI is InChI=1S/C14H11ClN4O4/c15-10-2-1-3-11(7-10)17-14(21)18-16-8-9-4-5-13(20)12(6-9)19(22)23/h1-8,20H,(H2,17,18,21)/b16-8-. The number of carbonyl (C=O) groups excluding carboxylic acids is 1. The largest absolute Gasteiger partial charge is 0.502 e. The highest BCUT2D eigenvalue weighted by molar-refractivity contribution is 6.30. The maximum Gasteiger partial charge on any atom is 0.339 e. The van der Waals surface area contributed by atoms with E-state index in [1.807, 2.05) is 0 Å². The number of phenolic OH excluding ortho intramolecular Hbond substituents is 1. The summed E-state index contributed by atoms with van der Waals surface area (Å²) in [6, 6.07) is 9.68. The number of rotatable bonds is 4. The molecule has 0 aliphatic carbocycles. The van der Waals surface area contributed by atoms with Gasteiger partial charge in [-0.2, -0.15) is 5.10 Å². The molecule has 0 saturated carbocycles. The van der Waals surface area contributed by atoms with Crippen molar-refractivity contribution in [2.24, 2.45) is 5.10 Å². The summed E-state index contributed by atoms with van der Waals surface area (Å²) in [4.78, 5) is 21.6. The summed E-state index contributed by atoms with van der Waals surface area (Å²) in [5.74, 6) is -0.446. The zero-order valence-electron chi connectivity index (χ0n) is 11.6. The van der Waals surface area contributed by atoms with Crippen LogP contribution in [0.25, 0.3) is 0 Å². The Morgan fingerprint density at radius 2 is 2.09 bits per heavy atom. The predicted octanol–water partition coefficient (Wildman–Crippen LogP) is 3.11. The highest BCUT2D eigenvalue weighted by Crippen LogP contribution is 2.25. The number of benzene rings is 2. The average molecular weight is 335 g/mol. The third-order valence-electron chi connectivity index (χ3n) is 2.66. The van der Waals surface area contributed by atoms with E-state index in [1.165, 1.54) is 18.3 Å². The molecule has 0 aliphatic rings. The van der Waals surface area contributed by atoms with Gasteiger partial charge in [0.25, 0.3) is 0 Å². The molecular formula is C14H11ClN4O4. The molecule has 0 atom stereocenters. The van der Waals surface area contributed by atoms with Crippen molar-refractivity contribution in [1.82, 2.24) is 5.43 Å². The number of hydrazone groups is 1. The summed E-state index contributed by atoms with van der Waals surface area (Å²) in [7, 11) is 0. The van der Waals surface area contributed by atoms with E-state index in [1.54, 1.807) is 24.3 Å². The first kappa shape index (κ1) is 16.2. The fourth-order valence-electron chi connectivity index (χ4n) is 1.66. The molecule has 9 heteroatoms. The Hall–Kier alpha value is -3.13. The zero-order valence-corrected chi connectivity index (χ0v) is 12.3. The smallest absolute Gasteiger partial charge is 0.339 e. The number of hydrogen-bond acceptors (Lipinski definition) is 5. The Balaban J connectivity index is 1.97. The minimum Gasteiger partial charge on any atom is -0.502 e. The first-order chi connectivity index (χ1) is 11.0. The van der Waals surface area contributed by atoms with Crippen molar-refractivity contribution in [3.8, 4) is 5.75 Å². The van der Waals surface area contributed by atoms with Gasteiger partial charge in [0, 0.05) is 22.3 Å². The highest BCUT2D eigenvalue weighted by Gasteiger charge is 2.12. The minimum atomic E-state index is -0.716. The number of urea groups is 1. The van der Waals surface area contributed by atoms with Gasteiger partial charge in [0.1, 0.15) is 0 Å². The van der Waals surface area contributed by atoms with Crippen molar-refractivity contribution in [3.63, 3.8) is 0 Å². The monoisotopic (exact) mass is 334 g/mol. The van der Waals surface area contributed by atoms with Crippen molar-refractivity contribution in [2.75, 3.05) is 5.32 Å². The van der Waals surface area contributed by atoms with Gasteiger partial charge in [-0.25, -0.2) is 10.2 Å². The summed E-state index contributed by atoms with van der Waals surface area (Å²) < 4.78 is 0. The highest BCUT2D eigenvalue weighted by atomic mass is 35.5. The SMILES string of the molecule is O=C(N/N=C\c1ccc(O)c([N+](=O)[O-])c1)Nc1cccc(Cl)c1. The van der Waals surface area contributed by atoms with Gasteiger partial charge in [-0.15, -0.1) is 0 Å². The van der Waals surface area contributed by atoms with Gasteiger partial charge in [0.15, 0.2) is 5.75 Å². The van der Waals surface area contributed by atoms with Crippen LogP contribution in [0.1, 0.15) is 5.56 Å². The number of hydrogen-bond donors (Lipinski definition) is 3. The van der Waals surface area contributed by atoms with Gasteiger partial charge in [-0.1, -0.05) is 17.7 Å². The number of phenols is 1. The van der Waals surface area contributed by atoms with Crippen molar-refractivity contribution >= 4 is 35.2 Å². The molecule has 2 aromatic rings. The molecule has 118 valence electrons. The third-order valence-corrected chi connectivity index (χ3v) is 2.89. The first-order valence-electron chi connectivity index (χ1n) is 6.29. The molecule has 0 saturated heterocycles. The molecule has 2 aromatic carbocycles. The van der Waals surface area contributed by atoms with Gasteiger partial charge < -0.3 is 10.4 Å². The van der Waals surface area contributed by atoms with Crippen molar-refractivity contribution < 1.29 is 14.8 Å². The molecule has 23 heavy (non-hydrogen) atoms. The van der Waals surface area contributed by atoms with E-state index in [-0.39, 0.29) is 0 Å². The lowest BCUT2D eigenvalue weighted by Gasteiger charge is -2.04. The van der Waals surface area contributed by atoms with E-state index in [9.17, 15) is 20.0 Å². The summed E-state index contributed by atoms with van der Waals surface area (Å²) in [5, 5.41) is 26.7. The second kappa shape index (κ2) is 7.23. The van der Waals surface area contributed by atoms with Gasteiger partial charge in [0.2, 0.25) is 0 Å². The molecule has 3 N–H and O–H groups in total. The van der Waals surface area contributed by atoms with E-state index >= 15 is 0 Å². The van der Waals surface area contributed by atoms with E-state index in [0.29, 0.717) is 16.3 Å². The number of aromatic hydroxyl groups is 1. The quantitative estimate of drug-likeness (QED) is 0.452. The molecule has 2 amide bonds. The number of halogens is 1. The number of nitro benzene ring substituents is 1. The van der Waals surface area contributed by atoms with Crippen LogP contribution in [0.15, 0.2) is 47.6 Å². The second-order valence-corrected chi connectivity index (χ2v) is 4.78. The Kier molecular flexibility index (Phi) is 5.11. The van der Waals surface area contributed by atoms with Crippen molar-refractivity contribution in [2.45, 2.75) is 0 Å². The lowest BCUT2D eigenvalue weighted by Crippen LogP contribution is -2.24. The molecule has 2 rings (SSSR count). The zero-order chi connectivity index (χ0) is 16.8. The second-order valence-electron chi connectivity index (χ2n) is 4.34. The van der Waals surface area contributed by atoms with Crippen LogP contribution in [-0.2, 0) is 0 Å². The summed E-state index contributed by atoms with van der Waals surface area (Å²) >= 11 is 5.79. The number of anilines is 1. The molecule has 0 bridgehead atoms. The van der Waals surface area contributed by atoms with Gasteiger partial charge in [-0.05, 0) is 30.3 Å². The number of amides is 2. The maximum atomic E-state index is 11.6. The molecule has 0 aromatic heterocycles. The maximum absolute atomic E-state index is 11.6. The van der Waals surface area contributed by atoms with E-state index in [2.05, 4.69) is 15.8 Å². The lowest BCUT2D eigenvalue weighted by atomic mass is 10.2. The number of nitrogens with zero attached hydrogens (tertiary/aromatic N) is 2. The fourth-order valence-corrected chi connectivity index (χ4v) is 1.85. The van der Waals surface area contributed by atoms with Crippen molar-refractivity contribution in [1.29, 1.82) is 0 Å². The molecule has 0 unspecified atom stereocenters. The number of carbonyl (C=O) groups is 1. The summed E-state index contributed by atoms with van der Waals surface area (Å²) in [6.45, 7) is 0. The number of nitro groups is 1. The molecule has 8 nitrogen and oxygen atoms in total. The van der Waals surface area contributed by atoms with E-state index < -0.39 is 22.4 Å². The first-order valence-corrected chi connectivity index (χ1v) is 6.66. The molecule has 0 radical (unpaired) electrons. The molecule has 0 spiro atoms. The minimum absolute atomic E-state index is 0.345. The number of nitrogens with one attached hydrogen (secondary N) is 2. The van der Waals surface area contributed by atoms with E-state index in [4.69, 9.17) is 11.6 Å². The average Bonchev–Trinajstić information content (AvgIpc) is 2.48. The van der Waals surface area contributed by atoms with Crippen LogP contribution < -0.4 is 10.7 Å². The van der Waals surface area contributed by atoms with Crippen molar-refractivity contribution in [3.05, 3.63) is 63.2 Å². The Morgan fingerprint density at radius 1 is 1.30 bits per heavy atom. The third kappa shape index (κ3) is 4.68. The molecule has 0 aliphatic heterocycles. The van der Waals surface area contributed by atoms with Crippen LogP contribution in [0.5, 0.6) is 5.75 Å². The van der Waals surface area contributed by atoms with Crippen LogP contribution >= 0.6 is 11.6 Å². The lowest BCUT2D eigenvalue weighted by molar-refractivity contribution is -0.385. The molecule has 0 fully saturated rings. The normalized spacial score (nSPS) is 10.5. The van der Waals surface area contributed by atoms with E-state index in [0.717, 1.165) is 6.07 Å². The Morgan fingerprint density at radius 3 is 2.78 bits per heavy atom. The molecule has 0 heterocycles. The van der Waals surface area contributed by atoms with Crippen LogP contribution in [0.4, 0.5) is 16.2 Å². The Bertz CT molecular complexity index is 779. The topological polar surface area (TPSA) is 117 Å². The van der Waals surface area contributed by atoms with Crippen LogP contribution in [-0.4, -0.2) is 22.3 Å². The van der Waals surface area contributed by atoms with Crippen LogP contribution in [0.2, 0.25) is 5.02 Å². The summed E-state index contributed by atoms with van der Waals surface area (Å²) in [5.41, 5.74) is 2.60. The van der Waals surface area contributed by atoms with Gasteiger partial charge in [-0.3, -0.25) is 10.1 Å². The Labute approximate surface area is 135 Å². The predicted molar refractivity (Wildman–Crippen MR) is 86.0 cm³/mol. The molecular weight excluding hydrogens is 324 g/mol. The van der Waals surface area contributed by atoms with Crippen LogP contribution in [0, 0.1) is 10.1 Å². The van der Waals surface area contributed by atoms with Crippen LogP contribution in [0.3, 0.4) is 0 Å². The fraction of sp³-hybridized carbons (Fsp3) is 0. The van der Waals surface area contributed by atoms with Gasteiger partial charge >= 0.3 is 11.7 Å². The van der Waals surface area contributed by atoms with Gasteiger partial charge in [0.05, 0.1) is 11.1 Å². The summed E-state index contributed by atoms with van der Waals surface area (Å²) in [6.07, 6.45) is 1.21.